The molecular formula is C10H8N2O4. The molecule has 0 bridgehead atoms. The van der Waals surface area contributed by atoms with E-state index in [4.69, 9.17) is 5.11 Å². The summed E-state index contributed by atoms with van der Waals surface area (Å²) < 4.78 is 1.30. The lowest BCUT2D eigenvalue weighted by Gasteiger charge is -2.01. The van der Waals surface area contributed by atoms with Gasteiger partial charge in [0.1, 0.15) is 11.1 Å². The van der Waals surface area contributed by atoms with Gasteiger partial charge in [-0.25, -0.2) is 4.79 Å². The maximum atomic E-state index is 11.7. The first-order chi connectivity index (χ1) is 7.52. The molecule has 0 aromatic carbocycles. The van der Waals surface area contributed by atoms with Crippen LogP contribution in [-0.2, 0) is 7.05 Å². The minimum absolute atomic E-state index is 0.0861. The van der Waals surface area contributed by atoms with E-state index >= 15 is 0 Å². The van der Waals surface area contributed by atoms with E-state index in [1.807, 2.05) is 0 Å². The van der Waals surface area contributed by atoms with E-state index < -0.39 is 11.4 Å². The highest BCUT2D eigenvalue weighted by molar-refractivity contribution is 5.91. The molecule has 6 nitrogen and oxygen atoms in total. The highest BCUT2D eigenvalue weighted by atomic mass is 16.4. The van der Waals surface area contributed by atoms with Crippen LogP contribution in [0.4, 0.5) is 0 Å². The zero-order chi connectivity index (χ0) is 11.9. The molecule has 0 aliphatic carbocycles. The third-order valence-electron chi connectivity index (χ3n) is 2.35. The molecule has 0 fully saturated rings. The molecule has 0 saturated carbocycles. The van der Waals surface area contributed by atoms with Crippen molar-refractivity contribution in [3.05, 3.63) is 44.6 Å². The van der Waals surface area contributed by atoms with Crippen LogP contribution in [0.1, 0.15) is 10.4 Å². The van der Waals surface area contributed by atoms with Crippen molar-refractivity contribution in [3.8, 4) is 0 Å². The second-order valence-electron chi connectivity index (χ2n) is 3.36. The maximum absolute atomic E-state index is 11.7. The second kappa shape index (κ2) is 3.34. The van der Waals surface area contributed by atoms with E-state index in [1.54, 1.807) is 7.05 Å². The highest BCUT2D eigenvalue weighted by Gasteiger charge is 2.12. The van der Waals surface area contributed by atoms with Crippen LogP contribution in [0, 0.1) is 0 Å². The van der Waals surface area contributed by atoms with Crippen LogP contribution in [0.15, 0.2) is 28.0 Å². The van der Waals surface area contributed by atoms with Gasteiger partial charge < -0.3 is 14.7 Å². The largest absolute Gasteiger partial charge is 0.477 e. The lowest BCUT2D eigenvalue weighted by atomic mass is 10.2. The van der Waals surface area contributed by atoms with Gasteiger partial charge in [0.25, 0.3) is 5.56 Å². The van der Waals surface area contributed by atoms with Gasteiger partial charge in [-0.3, -0.25) is 9.59 Å². The molecule has 0 aliphatic rings. The maximum Gasteiger partial charge on any atom is 0.341 e. The number of aromatic nitrogens is 2. The minimum atomic E-state index is -1.32. The molecule has 0 spiro atoms. The molecule has 16 heavy (non-hydrogen) atoms. The van der Waals surface area contributed by atoms with Gasteiger partial charge in [0.2, 0.25) is 5.43 Å². The van der Waals surface area contributed by atoms with E-state index in [-0.39, 0.29) is 22.0 Å². The Bertz CT molecular complexity index is 696. The predicted molar refractivity (Wildman–Crippen MR) is 56.8 cm³/mol. The summed E-state index contributed by atoms with van der Waals surface area (Å²) in [5, 5.41) is 8.83. The average Bonchev–Trinajstić information content (AvgIpc) is 2.23. The fourth-order valence-corrected chi connectivity index (χ4v) is 1.47. The van der Waals surface area contributed by atoms with Gasteiger partial charge in [0.05, 0.1) is 5.39 Å². The molecule has 2 rings (SSSR count). The van der Waals surface area contributed by atoms with Gasteiger partial charge in [-0.05, 0) is 6.07 Å². The number of pyridine rings is 2. The zero-order valence-corrected chi connectivity index (χ0v) is 8.35. The molecule has 0 amide bonds. The summed E-state index contributed by atoms with van der Waals surface area (Å²) in [6, 6.07) is 1.42. The third-order valence-corrected chi connectivity index (χ3v) is 2.35. The quantitative estimate of drug-likeness (QED) is 0.703. The number of nitrogens with one attached hydrogen (secondary N) is 1. The van der Waals surface area contributed by atoms with Crippen molar-refractivity contribution in [2.45, 2.75) is 0 Å². The molecular weight excluding hydrogens is 212 g/mol. The van der Waals surface area contributed by atoms with Crippen molar-refractivity contribution < 1.29 is 9.90 Å². The van der Waals surface area contributed by atoms with Gasteiger partial charge in [0.15, 0.2) is 0 Å². The fraction of sp³-hybridized carbons (Fsp3) is 0.100. The molecule has 0 saturated heterocycles. The Kier molecular flexibility index (Phi) is 2.12. The molecule has 2 aromatic heterocycles. The van der Waals surface area contributed by atoms with Crippen molar-refractivity contribution in [3.63, 3.8) is 0 Å². The summed E-state index contributed by atoms with van der Waals surface area (Å²) in [5.41, 5.74) is -1.29. The Balaban J connectivity index is 2.99. The monoisotopic (exact) mass is 220 g/mol. The lowest BCUT2D eigenvalue weighted by molar-refractivity contribution is 0.0695. The second-order valence-corrected chi connectivity index (χ2v) is 3.36. The predicted octanol–water partition coefficient (Wildman–Crippen LogP) is -0.0750. The van der Waals surface area contributed by atoms with Crippen molar-refractivity contribution >= 4 is 16.9 Å². The minimum Gasteiger partial charge on any atom is -0.477 e. The summed E-state index contributed by atoms with van der Waals surface area (Å²) in [7, 11) is 1.55. The fourth-order valence-electron chi connectivity index (χ4n) is 1.47. The van der Waals surface area contributed by atoms with Crippen molar-refractivity contribution in [1.29, 1.82) is 0 Å². The van der Waals surface area contributed by atoms with Crippen LogP contribution in [-0.4, -0.2) is 20.6 Å². The smallest absolute Gasteiger partial charge is 0.341 e. The summed E-state index contributed by atoms with van der Waals surface area (Å²) in [4.78, 5) is 36.5. The Morgan fingerprint density at radius 3 is 2.75 bits per heavy atom. The van der Waals surface area contributed by atoms with E-state index in [1.165, 1.54) is 16.8 Å². The molecule has 0 aliphatic heterocycles. The van der Waals surface area contributed by atoms with Gasteiger partial charge >= 0.3 is 5.97 Å². The SMILES string of the molecule is Cn1ccc2c(=O)c(C(=O)O)c[nH]c2c1=O. The molecule has 82 valence electrons. The number of carboxylic acids is 1. The third kappa shape index (κ3) is 1.31. The number of fused-ring (bicyclic) bond motifs is 1. The number of carbonyl (C=O) groups is 1. The Hall–Kier alpha value is -2.37. The number of H-pyrrole nitrogens is 1. The van der Waals surface area contributed by atoms with Crippen LogP contribution in [0.2, 0.25) is 0 Å². The number of rotatable bonds is 1. The van der Waals surface area contributed by atoms with E-state index in [2.05, 4.69) is 4.98 Å². The number of hydrogen-bond donors (Lipinski definition) is 2. The molecule has 2 N–H and O–H groups in total. The summed E-state index contributed by atoms with van der Waals surface area (Å²) in [6.45, 7) is 0. The van der Waals surface area contributed by atoms with Gasteiger partial charge in [-0.15, -0.1) is 0 Å². The Labute approximate surface area is 88.8 Å². The van der Waals surface area contributed by atoms with E-state index in [9.17, 15) is 14.4 Å². The van der Waals surface area contributed by atoms with Crippen LogP contribution < -0.4 is 11.0 Å². The van der Waals surface area contributed by atoms with Crippen LogP contribution in [0.5, 0.6) is 0 Å². The first-order valence-corrected chi connectivity index (χ1v) is 4.46. The molecule has 0 atom stereocenters. The molecule has 0 unspecified atom stereocenters. The Morgan fingerprint density at radius 2 is 2.12 bits per heavy atom. The number of nitrogens with zero attached hydrogens (tertiary/aromatic N) is 1. The Morgan fingerprint density at radius 1 is 1.44 bits per heavy atom. The molecule has 0 radical (unpaired) electrons. The number of hydrogen-bond acceptors (Lipinski definition) is 3. The van der Waals surface area contributed by atoms with Crippen molar-refractivity contribution in [2.24, 2.45) is 7.05 Å². The van der Waals surface area contributed by atoms with Crippen LogP contribution >= 0.6 is 0 Å². The molecule has 2 aromatic rings. The molecule has 2 heterocycles. The normalized spacial score (nSPS) is 10.6. The van der Waals surface area contributed by atoms with Gasteiger partial charge in [-0.2, -0.15) is 0 Å². The first kappa shape index (κ1) is 10.2. The summed E-state index contributed by atoms with van der Waals surface area (Å²) >= 11 is 0. The standard InChI is InChI=1S/C10H8N2O4/c1-12-3-2-5-7(9(12)14)11-4-6(8(5)13)10(15)16/h2-4H,1H3,(H,11,13)(H,15,16). The van der Waals surface area contributed by atoms with Gasteiger partial charge in [-0.1, -0.05) is 0 Å². The van der Waals surface area contributed by atoms with E-state index in [0.717, 1.165) is 6.20 Å². The van der Waals surface area contributed by atoms with Crippen molar-refractivity contribution in [2.75, 3.05) is 0 Å². The van der Waals surface area contributed by atoms with Crippen molar-refractivity contribution in [1.82, 2.24) is 9.55 Å². The lowest BCUT2D eigenvalue weighted by Crippen LogP contribution is -2.22. The van der Waals surface area contributed by atoms with Crippen LogP contribution in [0.3, 0.4) is 0 Å². The van der Waals surface area contributed by atoms with E-state index in [0.29, 0.717) is 0 Å². The number of aromatic carboxylic acids is 1. The number of aromatic amines is 1. The topological polar surface area (TPSA) is 92.2 Å². The summed E-state index contributed by atoms with van der Waals surface area (Å²) in [6.07, 6.45) is 2.46. The molecule has 6 heteroatoms. The van der Waals surface area contributed by atoms with Gasteiger partial charge in [0, 0.05) is 19.4 Å². The number of carboxylic acid groups (broad SMARTS) is 1. The van der Waals surface area contributed by atoms with Crippen LogP contribution in [0.25, 0.3) is 10.9 Å². The summed E-state index contributed by atoms with van der Waals surface area (Å²) in [5.74, 6) is -1.32. The zero-order valence-electron chi connectivity index (χ0n) is 8.35. The number of aryl methyl sites for hydroxylation is 1. The highest BCUT2D eigenvalue weighted by Crippen LogP contribution is 2.02. The average molecular weight is 220 g/mol. The first-order valence-electron chi connectivity index (χ1n) is 4.46.